The lowest BCUT2D eigenvalue weighted by atomic mass is 9.93. The molecule has 7 nitrogen and oxygen atoms in total. The number of anilines is 2. The third-order valence-electron chi connectivity index (χ3n) is 6.27. The molecule has 37 heavy (non-hydrogen) atoms. The van der Waals surface area contributed by atoms with E-state index in [0.717, 1.165) is 5.56 Å². The molecule has 3 rings (SSSR count). The van der Waals surface area contributed by atoms with Crippen LogP contribution in [-0.4, -0.2) is 39.0 Å². The summed E-state index contributed by atoms with van der Waals surface area (Å²) < 4.78 is 28.6. The third-order valence-corrected chi connectivity index (χ3v) is 8.49. The number of hydrogen-bond acceptors (Lipinski definition) is 4. The van der Waals surface area contributed by atoms with Crippen LogP contribution in [0.25, 0.3) is 0 Å². The van der Waals surface area contributed by atoms with Crippen LogP contribution in [0.15, 0.2) is 71.6 Å². The topological polar surface area (TPSA) is 90.5 Å². The number of benzene rings is 3. The molecule has 0 heterocycles. The molecule has 0 aliphatic heterocycles. The highest BCUT2D eigenvalue weighted by atomic mass is 35.5. The molecule has 3 aromatic rings. The Kier molecular flexibility index (Phi) is 9.13. The van der Waals surface area contributed by atoms with Crippen molar-refractivity contribution in [3.63, 3.8) is 0 Å². The largest absolute Gasteiger partial charge is 0.331 e. The molecule has 0 aliphatic rings. The lowest BCUT2D eigenvalue weighted by molar-refractivity contribution is 0.195. The smallest absolute Gasteiger partial charge is 0.319 e. The molecular weight excluding hydrogens is 531 g/mol. The van der Waals surface area contributed by atoms with Crippen molar-refractivity contribution in [2.24, 2.45) is 0 Å². The molecule has 3 N–H and O–H groups in total. The fourth-order valence-corrected chi connectivity index (χ4v) is 5.21. The first-order chi connectivity index (χ1) is 17.3. The van der Waals surface area contributed by atoms with Gasteiger partial charge in [-0.05, 0) is 82.7 Å². The molecule has 0 spiro atoms. The third kappa shape index (κ3) is 7.38. The van der Waals surface area contributed by atoms with E-state index in [1.54, 1.807) is 55.5 Å². The number of amides is 2. The number of nitrogens with zero attached hydrogens (tertiary/aromatic N) is 1. The van der Waals surface area contributed by atoms with Crippen LogP contribution >= 0.6 is 23.2 Å². The lowest BCUT2D eigenvalue weighted by Crippen LogP contribution is -2.40. The minimum absolute atomic E-state index is 0.118. The van der Waals surface area contributed by atoms with Gasteiger partial charge in [0, 0.05) is 5.54 Å². The highest BCUT2D eigenvalue weighted by Gasteiger charge is 2.23. The number of rotatable bonds is 9. The minimum Gasteiger partial charge on any atom is -0.331 e. The number of urea groups is 1. The maximum Gasteiger partial charge on any atom is 0.319 e. The number of sulfonamides is 1. The molecule has 0 saturated carbocycles. The molecule has 0 aromatic heterocycles. The quantitative estimate of drug-likeness (QED) is 0.275. The van der Waals surface area contributed by atoms with Gasteiger partial charge in [-0.1, -0.05) is 59.6 Å². The molecule has 198 valence electrons. The normalized spacial score (nSPS) is 12.8. The Labute approximate surface area is 229 Å². The van der Waals surface area contributed by atoms with Gasteiger partial charge in [0.15, 0.2) is 0 Å². The van der Waals surface area contributed by atoms with Crippen LogP contribution in [0.5, 0.6) is 0 Å². The molecule has 0 fully saturated rings. The molecule has 0 unspecified atom stereocenters. The van der Waals surface area contributed by atoms with E-state index in [1.807, 2.05) is 20.2 Å². The van der Waals surface area contributed by atoms with Crippen LogP contribution in [0.4, 0.5) is 16.2 Å². The maximum atomic E-state index is 13.0. The predicted molar refractivity (Wildman–Crippen MR) is 152 cm³/mol. The Morgan fingerprint density at radius 3 is 2.30 bits per heavy atom. The zero-order valence-corrected chi connectivity index (χ0v) is 23.8. The van der Waals surface area contributed by atoms with E-state index >= 15 is 0 Å². The molecule has 0 aliphatic carbocycles. The highest BCUT2D eigenvalue weighted by molar-refractivity contribution is 7.92. The number of carbonyl (C=O) groups excluding carboxylic acids is 1. The van der Waals surface area contributed by atoms with Crippen molar-refractivity contribution in [1.82, 2.24) is 10.2 Å². The van der Waals surface area contributed by atoms with Crippen LogP contribution in [0.2, 0.25) is 10.0 Å². The van der Waals surface area contributed by atoms with Gasteiger partial charge in [-0.3, -0.25) is 4.72 Å². The summed E-state index contributed by atoms with van der Waals surface area (Å²) in [7, 11) is 0.123. The van der Waals surface area contributed by atoms with E-state index in [-0.39, 0.29) is 16.1 Å². The van der Waals surface area contributed by atoms with Crippen LogP contribution in [0, 0.1) is 0 Å². The van der Waals surface area contributed by atoms with Gasteiger partial charge in [0.25, 0.3) is 10.0 Å². The zero-order valence-electron chi connectivity index (χ0n) is 21.5. The second-order valence-electron chi connectivity index (χ2n) is 9.65. The molecule has 0 saturated heterocycles. The summed E-state index contributed by atoms with van der Waals surface area (Å²) in [6.07, 6.45) is 0.677. The Morgan fingerprint density at radius 1 is 0.973 bits per heavy atom. The number of carbonyl (C=O) groups is 1. The summed E-state index contributed by atoms with van der Waals surface area (Å²) >= 11 is 12.4. The molecular formula is C27H32Cl2N4O3S. The average Bonchev–Trinajstić information content (AvgIpc) is 2.82. The van der Waals surface area contributed by atoms with E-state index in [9.17, 15) is 13.2 Å². The van der Waals surface area contributed by atoms with Gasteiger partial charge in [0.1, 0.15) is 0 Å². The Bertz CT molecular complexity index is 1360. The highest BCUT2D eigenvalue weighted by Crippen LogP contribution is 2.31. The van der Waals surface area contributed by atoms with Gasteiger partial charge >= 0.3 is 6.03 Å². The second kappa shape index (κ2) is 11.7. The Hall–Kier alpha value is -2.78. The van der Waals surface area contributed by atoms with E-state index in [2.05, 4.69) is 34.1 Å². The van der Waals surface area contributed by atoms with Crippen LogP contribution in [0.3, 0.4) is 0 Å². The fourth-order valence-electron chi connectivity index (χ4n) is 3.64. The van der Waals surface area contributed by atoms with Crippen molar-refractivity contribution < 1.29 is 13.2 Å². The number of hydrogen-bond donors (Lipinski definition) is 3. The van der Waals surface area contributed by atoms with Crippen molar-refractivity contribution in [3.05, 3.63) is 87.9 Å². The number of halogens is 2. The first-order valence-corrected chi connectivity index (χ1v) is 13.9. The first kappa shape index (κ1) is 28.8. The van der Waals surface area contributed by atoms with Gasteiger partial charge in [-0.15, -0.1) is 0 Å². The summed E-state index contributed by atoms with van der Waals surface area (Å²) in [6.45, 7) is 6.00. The minimum atomic E-state index is -3.87. The van der Waals surface area contributed by atoms with Crippen molar-refractivity contribution in [3.8, 4) is 0 Å². The number of likely N-dealkylation sites (N-methyl/N-ethyl adjacent to an activating group) is 1. The molecule has 1 atom stereocenters. The van der Waals surface area contributed by atoms with Gasteiger partial charge in [-0.25, -0.2) is 13.2 Å². The standard InChI is InChI=1S/C27H32Cl2N4O3S/c1-18(21-12-9-13-22(28)25(21)29)30-26(34)31-24-16-19(17-27(2,3)33(4)5)14-15-23(24)32-37(35,36)20-10-7-6-8-11-20/h6-16,18,32H,17H2,1-5H3,(H2,30,31,34)/t18-/m0/s1. The zero-order chi connectivity index (χ0) is 27.4. The average molecular weight is 564 g/mol. The monoisotopic (exact) mass is 562 g/mol. The van der Waals surface area contributed by atoms with Gasteiger partial charge < -0.3 is 15.5 Å². The van der Waals surface area contributed by atoms with Gasteiger partial charge in [-0.2, -0.15) is 0 Å². The Morgan fingerprint density at radius 2 is 1.65 bits per heavy atom. The Balaban J connectivity index is 1.90. The van der Waals surface area contributed by atoms with E-state index in [4.69, 9.17) is 23.2 Å². The molecule has 3 aromatic carbocycles. The van der Waals surface area contributed by atoms with Crippen molar-refractivity contribution in [2.45, 2.75) is 43.7 Å². The van der Waals surface area contributed by atoms with Crippen molar-refractivity contribution >= 4 is 50.6 Å². The number of nitrogens with one attached hydrogen (secondary N) is 3. The van der Waals surface area contributed by atoms with Crippen molar-refractivity contribution in [2.75, 3.05) is 24.1 Å². The molecule has 10 heteroatoms. The van der Waals surface area contributed by atoms with E-state index < -0.39 is 22.1 Å². The summed E-state index contributed by atoms with van der Waals surface area (Å²) in [5, 5.41) is 6.40. The van der Waals surface area contributed by atoms with Crippen LogP contribution in [-0.2, 0) is 16.4 Å². The SMILES string of the molecule is C[C@H](NC(=O)Nc1cc(CC(C)(C)N(C)C)ccc1NS(=O)(=O)c1ccccc1)c1cccc(Cl)c1Cl. The lowest BCUT2D eigenvalue weighted by Gasteiger charge is -2.33. The van der Waals surface area contributed by atoms with Crippen LogP contribution < -0.4 is 15.4 Å². The molecule has 2 amide bonds. The van der Waals surface area contributed by atoms with Crippen molar-refractivity contribution in [1.29, 1.82) is 0 Å². The fraction of sp³-hybridized carbons (Fsp3) is 0.296. The summed E-state index contributed by atoms with van der Waals surface area (Å²) in [5.74, 6) is 0. The molecule has 0 radical (unpaired) electrons. The van der Waals surface area contributed by atoms with E-state index in [1.165, 1.54) is 12.1 Å². The summed E-state index contributed by atoms with van der Waals surface area (Å²) in [5.41, 5.74) is 2.01. The summed E-state index contributed by atoms with van der Waals surface area (Å²) in [4.78, 5) is 15.2. The predicted octanol–water partition coefficient (Wildman–Crippen LogP) is 6.56. The second-order valence-corrected chi connectivity index (χ2v) is 12.1. The maximum absolute atomic E-state index is 13.0. The van der Waals surface area contributed by atoms with E-state index in [0.29, 0.717) is 27.7 Å². The first-order valence-electron chi connectivity index (χ1n) is 11.7. The summed E-state index contributed by atoms with van der Waals surface area (Å²) in [6, 6.07) is 17.6. The van der Waals surface area contributed by atoms with Gasteiger partial charge in [0.05, 0.1) is 32.4 Å². The van der Waals surface area contributed by atoms with Gasteiger partial charge in [0.2, 0.25) is 0 Å². The molecule has 0 bridgehead atoms. The van der Waals surface area contributed by atoms with Crippen LogP contribution in [0.1, 0.15) is 37.9 Å².